The molecular formula is C109H82O2S5. The maximum atomic E-state index is 5.73. The van der Waals surface area contributed by atoms with Gasteiger partial charge in [0.05, 0.1) is 0 Å². The van der Waals surface area contributed by atoms with Crippen molar-refractivity contribution in [3.05, 3.63) is 409 Å². The third-order valence-electron chi connectivity index (χ3n) is 21.7. The quantitative estimate of drug-likeness (QED) is 0.176. The van der Waals surface area contributed by atoms with E-state index in [-0.39, 0.29) is 0 Å². The fourth-order valence-electron chi connectivity index (χ4n) is 16.0. The number of hydrogen-bond acceptors (Lipinski definition) is 7. The fourth-order valence-corrected chi connectivity index (χ4v) is 21.8. The van der Waals surface area contributed by atoms with Gasteiger partial charge in [0.15, 0.2) is 0 Å². The van der Waals surface area contributed by atoms with Gasteiger partial charge in [-0.25, -0.2) is 0 Å². The Bertz CT molecular complexity index is 7480. The number of fused-ring (bicyclic) bond motifs is 21. The van der Waals surface area contributed by atoms with Crippen LogP contribution in [0.25, 0.3) is 178 Å². The van der Waals surface area contributed by atoms with Crippen LogP contribution in [0, 0.1) is 48.5 Å². The Balaban J connectivity index is 0.0000000942. The lowest BCUT2D eigenvalue weighted by Crippen LogP contribution is -1.82. The molecule has 0 radical (unpaired) electrons. The minimum absolute atomic E-state index is 0.966. The maximum absolute atomic E-state index is 5.73. The van der Waals surface area contributed by atoms with E-state index in [0.29, 0.717) is 0 Å². The van der Waals surface area contributed by atoms with Crippen molar-refractivity contribution in [2.75, 3.05) is 0 Å². The summed E-state index contributed by atoms with van der Waals surface area (Å²) in [6.07, 6.45) is 0. The topological polar surface area (TPSA) is 26.3 Å². The maximum Gasteiger partial charge on any atom is 0.135 e. The summed E-state index contributed by atoms with van der Waals surface area (Å²) in [4.78, 5) is 0. The zero-order valence-electron chi connectivity index (χ0n) is 65.6. The summed E-state index contributed by atoms with van der Waals surface area (Å²) in [5.74, 6) is 0. The Morgan fingerprint density at radius 1 is 0.172 bits per heavy atom. The van der Waals surface area contributed by atoms with Gasteiger partial charge in [-0.3, -0.25) is 0 Å². The van der Waals surface area contributed by atoms with Crippen molar-refractivity contribution in [2.24, 2.45) is 0 Å². The number of thiophene rings is 5. The van der Waals surface area contributed by atoms with Crippen molar-refractivity contribution in [2.45, 2.75) is 48.5 Å². The summed E-state index contributed by atoms with van der Waals surface area (Å²) in [6.45, 7) is 15.1. The molecule has 7 aromatic heterocycles. The number of aryl methyl sites for hydroxylation is 7. The molecule has 17 aromatic carbocycles. The van der Waals surface area contributed by atoms with Crippen LogP contribution in [0.15, 0.2) is 379 Å². The number of furan rings is 2. The number of rotatable bonds is 3. The summed E-state index contributed by atoms with van der Waals surface area (Å²) in [5.41, 5.74) is 21.0. The summed E-state index contributed by atoms with van der Waals surface area (Å²) in [5, 5.41) is 18.7. The van der Waals surface area contributed by atoms with E-state index in [1.165, 1.54) is 195 Å². The molecular weight excluding hydrogens is 1500 g/mol. The molecule has 0 amide bonds. The molecule has 0 saturated heterocycles. The van der Waals surface area contributed by atoms with Crippen molar-refractivity contribution in [3.8, 4) is 33.4 Å². The molecule has 24 aromatic rings. The van der Waals surface area contributed by atoms with Crippen LogP contribution in [0.3, 0.4) is 0 Å². The highest BCUT2D eigenvalue weighted by atomic mass is 32.1. The molecule has 7 heterocycles. The van der Waals surface area contributed by atoms with Gasteiger partial charge in [-0.05, 0) is 189 Å². The zero-order chi connectivity index (χ0) is 78.8. The van der Waals surface area contributed by atoms with E-state index in [2.05, 4.69) is 364 Å². The minimum Gasteiger partial charge on any atom is -0.456 e. The van der Waals surface area contributed by atoms with Crippen molar-refractivity contribution >= 4 is 201 Å². The van der Waals surface area contributed by atoms with Crippen molar-refractivity contribution < 1.29 is 8.83 Å². The largest absolute Gasteiger partial charge is 0.456 e. The van der Waals surface area contributed by atoms with Gasteiger partial charge in [0, 0.05) is 122 Å². The number of benzene rings is 17. The standard InChI is InChI=1S/3C19H14S.2C13H10O.2C13H10S/c1-13-7-2-3-8-14(13)16-10-6-11-17-15-9-4-5-12-18(15)20-19(16)17;1-13-5-4-6-14(11-13)15-9-10-19-17(12-15)16-7-2-3-8-18(16)20-19;1-13-7-5-11-16-17-12-6-10-15(19(17)20-18(13)16)14-8-3-2-4-9-14;1-9-5-4-8-12-13(9)10-6-2-3-7-11(10)14-12;1-9-6-7-13-11(8-9)10-4-2-3-5-12(10)14-13;1-9-5-4-8-12-13(9)10-6-2-3-7-11(10)14-12;1-9-6-7-13-11(8-9)10-4-2-3-5-12(10)14-13/h3*2-12H,1H3;4*2-8H,1H3. The highest BCUT2D eigenvalue weighted by molar-refractivity contribution is 7.27. The van der Waals surface area contributed by atoms with E-state index in [1.54, 1.807) is 0 Å². The van der Waals surface area contributed by atoms with Crippen LogP contribution in [0.2, 0.25) is 0 Å². The Labute approximate surface area is 695 Å². The second-order valence-corrected chi connectivity index (χ2v) is 35.0. The first-order chi connectivity index (χ1) is 56.9. The highest BCUT2D eigenvalue weighted by Gasteiger charge is 2.16. The average Bonchev–Trinajstić information content (AvgIpc) is 1.62. The lowest BCUT2D eigenvalue weighted by Gasteiger charge is -2.06. The molecule has 0 aliphatic heterocycles. The molecule has 0 unspecified atom stereocenters. The summed E-state index contributed by atoms with van der Waals surface area (Å²) < 4.78 is 25.3. The van der Waals surface area contributed by atoms with Gasteiger partial charge >= 0.3 is 0 Å². The van der Waals surface area contributed by atoms with Gasteiger partial charge in [-0.1, -0.05) is 302 Å². The molecule has 0 saturated carbocycles. The summed E-state index contributed by atoms with van der Waals surface area (Å²) in [7, 11) is 0. The third kappa shape index (κ3) is 15.2. The molecule has 0 fully saturated rings. The van der Waals surface area contributed by atoms with E-state index in [0.717, 1.165) is 22.3 Å². The van der Waals surface area contributed by atoms with E-state index in [4.69, 9.17) is 8.83 Å². The second kappa shape index (κ2) is 33.1. The summed E-state index contributed by atoms with van der Waals surface area (Å²) >= 11 is 9.42. The van der Waals surface area contributed by atoms with Crippen LogP contribution in [0.1, 0.15) is 38.9 Å². The smallest absolute Gasteiger partial charge is 0.135 e. The third-order valence-corrected chi connectivity index (χ3v) is 27.7. The lowest BCUT2D eigenvalue weighted by molar-refractivity contribution is 0.668. The fraction of sp³-hybridized carbons (Fsp3) is 0.0642. The Kier molecular flexibility index (Phi) is 21.4. The molecule has 24 rings (SSSR count). The monoisotopic (exact) mass is 1580 g/mol. The molecule has 7 heteroatoms. The normalized spacial score (nSPS) is 11.2. The molecule has 0 aliphatic carbocycles. The average molecular weight is 1580 g/mol. The van der Waals surface area contributed by atoms with Crippen LogP contribution in [-0.4, -0.2) is 0 Å². The van der Waals surface area contributed by atoms with Crippen LogP contribution < -0.4 is 0 Å². The highest BCUT2D eigenvalue weighted by Crippen LogP contribution is 2.44. The lowest BCUT2D eigenvalue weighted by atomic mass is 9.99. The second-order valence-electron chi connectivity index (χ2n) is 29.7. The van der Waals surface area contributed by atoms with E-state index < -0.39 is 0 Å². The number of hydrogen-bond donors (Lipinski definition) is 0. The Hall–Kier alpha value is -12.6. The van der Waals surface area contributed by atoms with E-state index in [9.17, 15) is 0 Å². The van der Waals surface area contributed by atoms with Crippen molar-refractivity contribution in [1.29, 1.82) is 0 Å². The van der Waals surface area contributed by atoms with Crippen molar-refractivity contribution in [1.82, 2.24) is 0 Å². The summed E-state index contributed by atoms with van der Waals surface area (Å²) in [6, 6.07) is 131. The van der Waals surface area contributed by atoms with Crippen LogP contribution >= 0.6 is 56.7 Å². The van der Waals surface area contributed by atoms with E-state index in [1.807, 2.05) is 111 Å². The molecule has 0 bridgehead atoms. The molecule has 0 aliphatic rings. The first-order valence-corrected chi connectivity index (χ1v) is 43.4. The van der Waals surface area contributed by atoms with Crippen LogP contribution in [-0.2, 0) is 0 Å². The molecule has 116 heavy (non-hydrogen) atoms. The minimum atomic E-state index is 0.966. The van der Waals surface area contributed by atoms with Gasteiger partial charge in [-0.15, -0.1) is 56.7 Å². The van der Waals surface area contributed by atoms with Gasteiger partial charge in [-0.2, -0.15) is 0 Å². The predicted molar refractivity (Wildman–Crippen MR) is 514 cm³/mol. The first kappa shape index (κ1) is 74.8. The number of para-hydroxylation sites is 2. The van der Waals surface area contributed by atoms with Crippen LogP contribution in [0.4, 0.5) is 0 Å². The molecule has 0 atom stereocenters. The molecule has 2 nitrogen and oxygen atoms in total. The van der Waals surface area contributed by atoms with Gasteiger partial charge in [0.1, 0.15) is 22.3 Å². The predicted octanol–water partition coefficient (Wildman–Crippen LogP) is 34.6. The van der Waals surface area contributed by atoms with E-state index >= 15 is 0 Å². The molecule has 560 valence electrons. The van der Waals surface area contributed by atoms with Crippen molar-refractivity contribution in [3.63, 3.8) is 0 Å². The SMILES string of the molecule is Cc1ccc2oc3ccccc3c2c1.Cc1ccc2sc3ccccc3c2c1.Cc1cccc(-c2ccc3sc4ccccc4c3c2)c1.Cc1cccc2c1sc1c(-c3ccccc3)cccc12.Cc1cccc2oc3ccccc3c12.Cc1cccc2sc3ccccc3c12.Cc1ccccc1-c1cccc2c1sc1ccccc12. The van der Waals surface area contributed by atoms with Crippen LogP contribution in [0.5, 0.6) is 0 Å². The van der Waals surface area contributed by atoms with Gasteiger partial charge in [0.2, 0.25) is 0 Å². The van der Waals surface area contributed by atoms with Gasteiger partial charge in [0.25, 0.3) is 0 Å². The zero-order valence-corrected chi connectivity index (χ0v) is 69.7. The first-order valence-electron chi connectivity index (χ1n) is 39.3. The Morgan fingerprint density at radius 3 is 1.26 bits per heavy atom. The Morgan fingerprint density at radius 2 is 0.560 bits per heavy atom. The molecule has 0 spiro atoms. The molecule has 0 N–H and O–H groups in total. The van der Waals surface area contributed by atoms with Gasteiger partial charge < -0.3 is 8.83 Å².